The summed E-state index contributed by atoms with van der Waals surface area (Å²) >= 11 is 1.98. The molecule has 0 unspecified atom stereocenters. The van der Waals surface area contributed by atoms with Crippen molar-refractivity contribution in [2.75, 3.05) is 0 Å². The predicted octanol–water partition coefficient (Wildman–Crippen LogP) is 7.65. The lowest BCUT2D eigenvalue weighted by Gasteiger charge is -2.33. The zero-order valence-corrected chi connectivity index (χ0v) is 19.9. The smallest absolute Gasteiger partial charge is 0.0472 e. The molecule has 0 N–H and O–H groups in total. The first-order valence-corrected chi connectivity index (χ1v) is 12.9. The van der Waals surface area contributed by atoms with Crippen LogP contribution < -0.4 is 10.6 Å². The second-order valence-corrected chi connectivity index (χ2v) is 12.8. The molecular formula is C29H26PS. The van der Waals surface area contributed by atoms with Crippen LogP contribution in [-0.2, 0) is 0 Å². The van der Waals surface area contributed by atoms with Gasteiger partial charge in [-0.25, -0.2) is 0 Å². The lowest BCUT2D eigenvalue weighted by atomic mass is 10.1. The quantitative estimate of drug-likeness (QED) is 0.296. The van der Waals surface area contributed by atoms with Gasteiger partial charge in [-0.2, -0.15) is 0 Å². The fourth-order valence-electron chi connectivity index (χ4n) is 4.19. The van der Waals surface area contributed by atoms with Gasteiger partial charge in [-0.3, -0.25) is 0 Å². The average Bonchev–Trinajstić information content (AvgIpc) is 3.20. The molecule has 0 saturated heterocycles. The summed E-state index contributed by atoms with van der Waals surface area (Å²) in [5.74, 6) is 0. The predicted molar refractivity (Wildman–Crippen MR) is 141 cm³/mol. The molecule has 4 aromatic carbocycles. The monoisotopic (exact) mass is 437 g/mol. The highest BCUT2D eigenvalue weighted by atomic mass is 32.2. The van der Waals surface area contributed by atoms with Crippen LogP contribution >= 0.6 is 19.7 Å². The number of hydrogen-bond acceptors (Lipinski definition) is 1. The molecule has 4 aromatic rings. The van der Waals surface area contributed by atoms with Gasteiger partial charge in [0.15, 0.2) is 0 Å². The van der Waals surface area contributed by atoms with Crippen LogP contribution in [0.5, 0.6) is 0 Å². The van der Waals surface area contributed by atoms with E-state index in [1.54, 1.807) is 0 Å². The van der Waals surface area contributed by atoms with Crippen molar-refractivity contribution in [3.05, 3.63) is 115 Å². The Morgan fingerprint density at radius 2 is 1.13 bits per heavy atom. The molecule has 2 heteroatoms. The highest BCUT2D eigenvalue weighted by Crippen LogP contribution is 2.62. The summed E-state index contributed by atoms with van der Waals surface area (Å²) in [6.07, 6.45) is 6.88. The summed E-state index contributed by atoms with van der Waals surface area (Å²) in [7, 11) is -0.703. The van der Waals surface area contributed by atoms with E-state index < -0.39 is 7.92 Å². The summed E-state index contributed by atoms with van der Waals surface area (Å²) in [6.45, 7) is 6.89. The van der Waals surface area contributed by atoms with E-state index in [0.29, 0.717) is 0 Å². The van der Waals surface area contributed by atoms with Crippen LogP contribution in [0.4, 0.5) is 0 Å². The third kappa shape index (κ3) is 4.28. The van der Waals surface area contributed by atoms with Crippen LogP contribution in [0.2, 0.25) is 0 Å². The normalized spacial score (nSPS) is 16.0. The molecule has 0 nitrogen and oxygen atoms in total. The van der Waals surface area contributed by atoms with Crippen LogP contribution in [0, 0.1) is 30.2 Å². The summed E-state index contributed by atoms with van der Waals surface area (Å²) < 4.78 is 0.168. The van der Waals surface area contributed by atoms with Crippen molar-refractivity contribution in [2.45, 2.75) is 25.5 Å². The van der Waals surface area contributed by atoms with Gasteiger partial charge in [-0.15, -0.1) is 11.8 Å². The van der Waals surface area contributed by atoms with Crippen LogP contribution in [-0.4, -0.2) is 4.75 Å². The lowest BCUT2D eigenvalue weighted by Crippen LogP contribution is -2.21. The average molecular weight is 438 g/mol. The van der Waals surface area contributed by atoms with Crippen LogP contribution in [0.3, 0.4) is 0 Å². The van der Waals surface area contributed by atoms with E-state index in [0.717, 1.165) is 0 Å². The third-order valence-electron chi connectivity index (χ3n) is 5.43. The molecule has 1 aliphatic carbocycles. The molecule has 0 heterocycles. The number of thioether (sulfide) groups is 1. The van der Waals surface area contributed by atoms with Gasteiger partial charge in [0.2, 0.25) is 0 Å². The Bertz CT molecular complexity index is 1120. The largest absolute Gasteiger partial charge is 0.146 e. The van der Waals surface area contributed by atoms with Gasteiger partial charge in [-0.1, -0.05) is 106 Å². The molecule has 0 aliphatic heterocycles. The van der Waals surface area contributed by atoms with Gasteiger partial charge in [0.1, 0.15) is 0 Å². The number of hydrogen-bond donors (Lipinski definition) is 0. The maximum Gasteiger partial charge on any atom is 0.0472 e. The Labute approximate surface area is 192 Å². The van der Waals surface area contributed by atoms with E-state index in [-0.39, 0.29) is 4.75 Å². The van der Waals surface area contributed by atoms with Crippen molar-refractivity contribution in [1.29, 1.82) is 0 Å². The Kier molecular flexibility index (Phi) is 5.84. The highest BCUT2D eigenvalue weighted by molar-refractivity contribution is 8.04. The zero-order chi connectivity index (χ0) is 21.4. The third-order valence-corrected chi connectivity index (χ3v) is 9.38. The minimum absolute atomic E-state index is 0.168. The Balaban J connectivity index is 1.73. The molecular weight excluding hydrogens is 411 g/mol. The molecule has 5 rings (SSSR count). The molecule has 0 amide bonds. The Morgan fingerprint density at radius 3 is 1.68 bits per heavy atom. The molecule has 31 heavy (non-hydrogen) atoms. The van der Waals surface area contributed by atoms with Crippen molar-refractivity contribution in [3.8, 4) is 0 Å². The van der Waals surface area contributed by atoms with Gasteiger partial charge < -0.3 is 0 Å². The van der Waals surface area contributed by atoms with Gasteiger partial charge in [-0.05, 0) is 59.3 Å². The second-order valence-electron chi connectivity index (χ2n) is 8.82. The number of fused-ring (bicyclic) bond motifs is 2. The number of benzene rings is 4. The van der Waals surface area contributed by atoms with Gasteiger partial charge in [0.25, 0.3) is 0 Å². The Morgan fingerprint density at radius 1 is 0.613 bits per heavy atom. The van der Waals surface area contributed by atoms with E-state index in [9.17, 15) is 0 Å². The fourth-order valence-corrected chi connectivity index (χ4v) is 8.25. The molecule has 153 valence electrons. The molecule has 0 bridgehead atoms. The summed E-state index contributed by atoms with van der Waals surface area (Å²) in [6, 6.07) is 31.2. The molecule has 5 radical (unpaired) electrons. The van der Waals surface area contributed by atoms with Gasteiger partial charge in [0.05, 0.1) is 0 Å². The first kappa shape index (κ1) is 21.0. The van der Waals surface area contributed by atoms with Crippen molar-refractivity contribution < 1.29 is 0 Å². The van der Waals surface area contributed by atoms with E-state index in [2.05, 4.69) is 125 Å². The maximum atomic E-state index is 2.35. The zero-order valence-electron chi connectivity index (χ0n) is 18.2. The van der Waals surface area contributed by atoms with Gasteiger partial charge >= 0.3 is 0 Å². The maximum absolute atomic E-state index is 2.35. The summed E-state index contributed by atoms with van der Waals surface area (Å²) in [4.78, 5) is 0. The van der Waals surface area contributed by atoms with Crippen molar-refractivity contribution in [2.24, 2.45) is 0 Å². The van der Waals surface area contributed by atoms with Crippen LogP contribution in [0.25, 0.3) is 21.5 Å². The lowest BCUT2D eigenvalue weighted by molar-refractivity contribution is 0.804. The van der Waals surface area contributed by atoms with E-state index in [1.165, 1.54) is 43.1 Å². The summed E-state index contributed by atoms with van der Waals surface area (Å²) in [5.41, 5.74) is 1.46. The Hall–Kier alpha value is -1.82. The second kappa shape index (κ2) is 8.61. The highest BCUT2D eigenvalue weighted by Gasteiger charge is 2.40. The minimum Gasteiger partial charge on any atom is -0.146 e. The minimum atomic E-state index is -0.703. The molecule has 1 aliphatic rings. The van der Waals surface area contributed by atoms with Crippen molar-refractivity contribution in [3.63, 3.8) is 0 Å². The standard InChI is InChI=1S/C29H26PS/c1-29(2,3)31-28-20-10-19-27(28)30(25-17-8-13-21-11-4-6-15-23(21)25)26-18-9-14-22-12-5-7-16-24(22)26/h4-20H,1-3H3. The topological polar surface area (TPSA) is 0 Å². The molecule has 0 spiro atoms. The van der Waals surface area contributed by atoms with Crippen molar-refractivity contribution >= 4 is 51.8 Å². The van der Waals surface area contributed by atoms with Crippen LogP contribution in [0.15, 0.2) is 84.9 Å². The SMILES string of the molecule is CC(C)(C)S[C]1[CH][CH][CH][C]1P(c1cccc2ccccc12)c1cccc2ccccc12. The van der Waals surface area contributed by atoms with Crippen molar-refractivity contribution in [1.82, 2.24) is 0 Å². The first-order valence-electron chi connectivity index (χ1n) is 10.7. The summed E-state index contributed by atoms with van der Waals surface area (Å²) in [5, 5.41) is 9.61. The molecule has 0 atom stereocenters. The van der Waals surface area contributed by atoms with Gasteiger partial charge in [0, 0.05) is 15.7 Å². The van der Waals surface area contributed by atoms with E-state index >= 15 is 0 Å². The molecule has 0 aromatic heterocycles. The molecule has 1 saturated carbocycles. The molecule has 1 fully saturated rings. The first-order chi connectivity index (χ1) is 15.0. The van der Waals surface area contributed by atoms with Crippen LogP contribution in [0.1, 0.15) is 20.8 Å². The fraction of sp³-hybridized carbons (Fsp3) is 0.138. The van der Waals surface area contributed by atoms with E-state index in [1.807, 2.05) is 11.8 Å². The number of rotatable bonds is 4. The van der Waals surface area contributed by atoms with E-state index in [4.69, 9.17) is 0 Å².